The Labute approximate surface area is 105 Å². The molecule has 0 aromatic heterocycles. The summed E-state index contributed by atoms with van der Waals surface area (Å²) in [6.45, 7) is 8.02. The van der Waals surface area contributed by atoms with Crippen LogP contribution in [-0.4, -0.2) is 57.0 Å². The van der Waals surface area contributed by atoms with Gasteiger partial charge in [0.05, 0.1) is 12.7 Å². The average Bonchev–Trinajstić information content (AvgIpc) is 2.24. The van der Waals surface area contributed by atoms with E-state index in [1.165, 1.54) is 0 Å². The van der Waals surface area contributed by atoms with Gasteiger partial charge in [0.15, 0.2) is 0 Å². The fourth-order valence-corrected chi connectivity index (χ4v) is 2.67. The van der Waals surface area contributed by atoms with Gasteiger partial charge in [-0.25, -0.2) is 0 Å². The van der Waals surface area contributed by atoms with E-state index in [-0.39, 0.29) is 5.54 Å². The number of hydrogen-bond acceptors (Lipinski definition) is 4. The Kier molecular flexibility index (Phi) is 5.86. The highest BCUT2D eigenvalue weighted by Gasteiger charge is 2.47. The van der Waals surface area contributed by atoms with Gasteiger partial charge in [-0.2, -0.15) is 0 Å². The number of ether oxygens (including phenoxy) is 2. The van der Waals surface area contributed by atoms with Crippen LogP contribution in [0.2, 0.25) is 0 Å². The fourth-order valence-electron chi connectivity index (χ4n) is 2.67. The van der Waals surface area contributed by atoms with Crippen molar-refractivity contribution in [1.82, 2.24) is 4.90 Å². The van der Waals surface area contributed by atoms with Crippen molar-refractivity contribution in [2.24, 2.45) is 11.7 Å². The Morgan fingerprint density at radius 3 is 2.41 bits per heavy atom. The Balaban J connectivity index is 2.59. The van der Waals surface area contributed by atoms with E-state index in [1.807, 2.05) is 0 Å². The predicted molar refractivity (Wildman–Crippen MR) is 70.1 cm³/mol. The summed E-state index contributed by atoms with van der Waals surface area (Å²) in [5, 5.41) is 0. The molecule has 0 aliphatic heterocycles. The second kappa shape index (κ2) is 6.69. The Bertz CT molecular complexity index is 215. The zero-order valence-electron chi connectivity index (χ0n) is 11.7. The molecule has 0 saturated heterocycles. The van der Waals surface area contributed by atoms with Gasteiger partial charge in [0.2, 0.25) is 0 Å². The lowest BCUT2D eigenvalue weighted by Gasteiger charge is -2.54. The lowest BCUT2D eigenvalue weighted by Crippen LogP contribution is -2.65. The van der Waals surface area contributed by atoms with Gasteiger partial charge in [-0.1, -0.05) is 13.8 Å². The number of rotatable bonds is 8. The molecule has 102 valence electrons. The molecule has 1 fully saturated rings. The van der Waals surface area contributed by atoms with Crippen LogP contribution in [0.25, 0.3) is 0 Å². The van der Waals surface area contributed by atoms with Gasteiger partial charge in [-0.05, 0) is 18.8 Å². The fraction of sp³-hybridized carbons (Fsp3) is 1.00. The zero-order valence-corrected chi connectivity index (χ0v) is 11.7. The Hall–Kier alpha value is -0.160. The first-order valence-electron chi connectivity index (χ1n) is 6.55. The van der Waals surface area contributed by atoms with Crippen LogP contribution in [0.3, 0.4) is 0 Å². The maximum absolute atomic E-state index is 6.00. The molecule has 0 aromatic rings. The second-order valence-corrected chi connectivity index (χ2v) is 5.53. The maximum Gasteiger partial charge on any atom is 0.0607 e. The van der Waals surface area contributed by atoms with Crippen molar-refractivity contribution in [1.29, 1.82) is 0 Å². The van der Waals surface area contributed by atoms with Crippen LogP contribution in [0.1, 0.15) is 26.7 Å². The minimum atomic E-state index is 0.142. The summed E-state index contributed by atoms with van der Waals surface area (Å²) < 4.78 is 10.6. The molecule has 0 amide bonds. The minimum Gasteiger partial charge on any atom is -0.383 e. The van der Waals surface area contributed by atoms with E-state index in [9.17, 15) is 0 Å². The zero-order chi connectivity index (χ0) is 12.9. The van der Waals surface area contributed by atoms with Crippen LogP contribution in [0.5, 0.6) is 0 Å². The van der Waals surface area contributed by atoms with Gasteiger partial charge in [-0.15, -0.1) is 0 Å². The Morgan fingerprint density at radius 2 is 2.00 bits per heavy atom. The molecule has 2 N–H and O–H groups in total. The monoisotopic (exact) mass is 244 g/mol. The first kappa shape index (κ1) is 14.9. The van der Waals surface area contributed by atoms with E-state index >= 15 is 0 Å². The van der Waals surface area contributed by atoms with E-state index in [1.54, 1.807) is 14.2 Å². The molecule has 0 spiro atoms. The lowest BCUT2D eigenvalue weighted by atomic mass is 9.72. The molecule has 0 aromatic carbocycles. The summed E-state index contributed by atoms with van der Waals surface area (Å²) in [5.41, 5.74) is 6.14. The van der Waals surface area contributed by atoms with E-state index in [0.29, 0.717) is 18.6 Å². The van der Waals surface area contributed by atoms with Crippen molar-refractivity contribution in [2.75, 3.05) is 40.5 Å². The average molecular weight is 244 g/mol. The predicted octanol–water partition coefficient (Wildman–Crippen LogP) is 1.10. The highest BCUT2D eigenvalue weighted by molar-refractivity contribution is 5.04. The largest absolute Gasteiger partial charge is 0.383 e. The van der Waals surface area contributed by atoms with Gasteiger partial charge in [-0.3, -0.25) is 4.90 Å². The number of hydrogen-bond donors (Lipinski definition) is 1. The van der Waals surface area contributed by atoms with Crippen LogP contribution in [0.4, 0.5) is 0 Å². The molecular weight excluding hydrogens is 216 g/mol. The van der Waals surface area contributed by atoms with Gasteiger partial charge < -0.3 is 15.2 Å². The molecule has 0 atom stereocenters. The number of methoxy groups -OCH3 is 2. The third-order valence-corrected chi connectivity index (χ3v) is 3.75. The SMILES string of the molecule is COCCN(CC(C)C)C1(CN)CC(OC)C1. The van der Waals surface area contributed by atoms with Crippen molar-refractivity contribution >= 4 is 0 Å². The molecule has 4 heteroatoms. The summed E-state index contributed by atoms with van der Waals surface area (Å²) in [7, 11) is 3.54. The first-order chi connectivity index (χ1) is 8.07. The van der Waals surface area contributed by atoms with E-state index in [4.69, 9.17) is 15.2 Å². The molecular formula is C13H28N2O2. The lowest BCUT2D eigenvalue weighted by molar-refractivity contribution is -0.0949. The standard InChI is InChI=1S/C13H28N2O2/c1-11(2)9-15(5-6-16-3)13(10-14)7-12(8-13)17-4/h11-12H,5-10,14H2,1-4H3. The molecule has 0 unspecified atom stereocenters. The molecule has 1 aliphatic carbocycles. The number of nitrogens with two attached hydrogens (primary N) is 1. The third-order valence-electron chi connectivity index (χ3n) is 3.75. The second-order valence-electron chi connectivity index (χ2n) is 5.53. The third kappa shape index (κ3) is 3.65. The van der Waals surface area contributed by atoms with Crippen LogP contribution >= 0.6 is 0 Å². The quantitative estimate of drug-likeness (QED) is 0.694. The summed E-state index contributed by atoms with van der Waals surface area (Å²) in [6.07, 6.45) is 2.49. The maximum atomic E-state index is 6.00. The van der Waals surface area contributed by atoms with Gasteiger partial charge in [0.1, 0.15) is 0 Å². The number of nitrogens with zero attached hydrogens (tertiary/aromatic N) is 1. The highest BCUT2D eigenvalue weighted by atomic mass is 16.5. The first-order valence-corrected chi connectivity index (χ1v) is 6.55. The van der Waals surface area contributed by atoms with Crippen LogP contribution in [0.15, 0.2) is 0 Å². The topological polar surface area (TPSA) is 47.7 Å². The molecule has 0 heterocycles. The van der Waals surface area contributed by atoms with Gasteiger partial charge in [0.25, 0.3) is 0 Å². The summed E-state index contributed by atoms with van der Waals surface area (Å²) in [4.78, 5) is 2.50. The van der Waals surface area contributed by atoms with E-state index in [0.717, 1.165) is 32.5 Å². The molecule has 1 saturated carbocycles. The van der Waals surface area contributed by atoms with Crippen molar-refractivity contribution in [2.45, 2.75) is 38.3 Å². The minimum absolute atomic E-state index is 0.142. The smallest absolute Gasteiger partial charge is 0.0607 e. The van der Waals surface area contributed by atoms with Crippen LogP contribution < -0.4 is 5.73 Å². The molecule has 0 bridgehead atoms. The Morgan fingerprint density at radius 1 is 1.35 bits per heavy atom. The van der Waals surface area contributed by atoms with E-state index < -0.39 is 0 Å². The van der Waals surface area contributed by atoms with Crippen molar-refractivity contribution in [3.8, 4) is 0 Å². The summed E-state index contributed by atoms with van der Waals surface area (Å²) in [5.74, 6) is 0.650. The van der Waals surface area contributed by atoms with Crippen LogP contribution in [-0.2, 0) is 9.47 Å². The summed E-state index contributed by atoms with van der Waals surface area (Å²) in [6, 6.07) is 0. The molecule has 1 rings (SSSR count). The van der Waals surface area contributed by atoms with Crippen molar-refractivity contribution in [3.05, 3.63) is 0 Å². The normalized spacial score (nSPS) is 28.8. The summed E-state index contributed by atoms with van der Waals surface area (Å²) >= 11 is 0. The molecule has 0 radical (unpaired) electrons. The molecule has 1 aliphatic rings. The van der Waals surface area contributed by atoms with Gasteiger partial charge >= 0.3 is 0 Å². The van der Waals surface area contributed by atoms with Gasteiger partial charge in [0, 0.05) is 39.4 Å². The molecule has 17 heavy (non-hydrogen) atoms. The van der Waals surface area contributed by atoms with Crippen molar-refractivity contribution in [3.63, 3.8) is 0 Å². The molecule has 4 nitrogen and oxygen atoms in total. The van der Waals surface area contributed by atoms with Crippen LogP contribution in [0, 0.1) is 5.92 Å². The van der Waals surface area contributed by atoms with Crippen molar-refractivity contribution < 1.29 is 9.47 Å². The van der Waals surface area contributed by atoms with E-state index in [2.05, 4.69) is 18.7 Å². The highest BCUT2D eigenvalue weighted by Crippen LogP contribution is 2.39.